The van der Waals surface area contributed by atoms with E-state index >= 15 is 0 Å². The molecule has 0 amide bonds. The van der Waals surface area contributed by atoms with Crippen molar-refractivity contribution in [3.8, 4) is 0 Å². The Morgan fingerprint density at radius 2 is 1.77 bits per heavy atom. The summed E-state index contributed by atoms with van der Waals surface area (Å²) >= 11 is 0. The van der Waals surface area contributed by atoms with Crippen LogP contribution in [0, 0.1) is 0 Å². The van der Waals surface area contributed by atoms with Crippen LogP contribution >= 0.6 is 0 Å². The Balaban J connectivity index is 1.53. The number of benzene rings is 2. The Hall–Kier alpha value is -3.25. The summed E-state index contributed by atoms with van der Waals surface area (Å²) in [5.41, 5.74) is 10.4. The summed E-state index contributed by atoms with van der Waals surface area (Å²) in [6.07, 6.45) is 6.44. The Kier molecular flexibility index (Phi) is 6.05. The van der Waals surface area contributed by atoms with Gasteiger partial charge in [-0.15, -0.1) is 0 Å². The number of rotatable bonds is 8. The number of aromatic nitrogens is 4. The van der Waals surface area contributed by atoms with Crippen LogP contribution in [0.2, 0.25) is 0 Å². The molecule has 2 aromatic carbocycles. The van der Waals surface area contributed by atoms with Gasteiger partial charge in [0.25, 0.3) is 0 Å². The van der Waals surface area contributed by atoms with Gasteiger partial charge >= 0.3 is 0 Å². The van der Waals surface area contributed by atoms with Gasteiger partial charge in [-0.05, 0) is 49.4 Å². The van der Waals surface area contributed by atoms with E-state index in [-0.39, 0.29) is 6.04 Å². The van der Waals surface area contributed by atoms with Crippen LogP contribution in [0.15, 0.2) is 67.1 Å². The molecule has 30 heavy (non-hydrogen) atoms. The summed E-state index contributed by atoms with van der Waals surface area (Å²) in [5, 5.41) is 10.5. The quantitative estimate of drug-likeness (QED) is 0.437. The lowest BCUT2D eigenvalue weighted by Gasteiger charge is -2.22. The van der Waals surface area contributed by atoms with Gasteiger partial charge in [0, 0.05) is 12.1 Å². The fraction of sp³-hybridized carbons (Fsp3) is 0.292. The van der Waals surface area contributed by atoms with Crippen LogP contribution < -0.4 is 5.73 Å². The molecule has 0 saturated carbocycles. The van der Waals surface area contributed by atoms with Crippen molar-refractivity contribution in [2.24, 2.45) is 0 Å². The maximum Gasteiger partial charge on any atom is 0.163 e. The molecule has 0 aliphatic rings. The number of nitrogens with zero attached hydrogens (tertiary/aromatic N) is 4. The molecule has 0 bridgehead atoms. The van der Waals surface area contributed by atoms with Crippen molar-refractivity contribution in [2.75, 3.05) is 5.73 Å². The fourth-order valence-electron chi connectivity index (χ4n) is 3.78. The van der Waals surface area contributed by atoms with Gasteiger partial charge in [-0.3, -0.25) is 0 Å². The van der Waals surface area contributed by atoms with Crippen molar-refractivity contribution in [1.82, 2.24) is 19.5 Å². The molecule has 3 N–H and O–H groups in total. The molecule has 0 fully saturated rings. The Morgan fingerprint density at radius 3 is 2.50 bits per heavy atom. The van der Waals surface area contributed by atoms with Crippen molar-refractivity contribution in [3.05, 3.63) is 84.1 Å². The standard InChI is InChI=1S/C24H27N5O/c1-17(30)22(9-5-8-18-6-3-2-4-7-18)29-16-27-21-15-26-23(28-24(21)29)14-19-10-12-20(25)13-11-19/h2-4,6-7,10-13,15-17,22,30H,5,8-9,14,25H2,1H3. The maximum atomic E-state index is 10.5. The van der Waals surface area contributed by atoms with Crippen molar-refractivity contribution in [1.29, 1.82) is 0 Å². The van der Waals surface area contributed by atoms with E-state index in [1.807, 2.05) is 41.8 Å². The molecule has 0 spiro atoms. The molecular formula is C24H27N5O. The third-order valence-electron chi connectivity index (χ3n) is 5.43. The number of aryl methyl sites for hydroxylation is 1. The Labute approximate surface area is 176 Å². The first-order valence-electron chi connectivity index (χ1n) is 10.3. The zero-order valence-electron chi connectivity index (χ0n) is 17.1. The van der Waals surface area contributed by atoms with Crippen LogP contribution in [-0.2, 0) is 12.8 Å². The lowest BCUT2D eigenvalue weighted by molar-refractivity contribution is 0.125. The second-order valence-electron chi connectivity index (χ2n) is 7.75. The Bertz CT molecular complexity index is 1090. The van der Waals surface area contributed by atoms with Crippen LogP contribution in [-0.4, -0.2) is 30.7 Å². The molecule has 0 radical (unpaired) electrons. The number of aliphatic hydroxyl groups is 1. The number of aliphatic hydroxyl groups excluding tert-OH is 1. The minimum atomic E-state index is -0.506. The maximum absolute atomic E-state index is 10.5. The molecule has 2 heterocycles. The van der Waals surface area contributed by atoms with Crippen molar-refractivity contribution in [3.63, 3.8) is 0 Å². The summed E-state index contributed by atoms with van der Waals surface area (Å²) in [4.78, 5) is 13.7. The fourth-order valence-corrected chi connectivity index (χ4v) is 3.78. The highest BCUT2D eigenvalue weighted by Gasteiger charge is 2.20. The lowest BCUT2D eigenvalue weighted by Crippen LogP contribution is -2.21. The van der Waals surface area contributed by atoms with Crippen LogP contribution in [0.1, 0.15) is 42.8 Å². The van der Waals surface area contributed by atoms with Gasteiger partial charge in [0.15, 0.2) is 5.65 Å². The van der Waals surface area contributed by atoms with Gasteiger partial charge in [-0.2, -0.15) is 0 Å². The first-order valence-corrected chi connectivity index (χ1v) is 10.3. The zero-order chi connectivity index (χ0) is 20.9. The van der Waals surface area contributed by atoms with Crippen molar-refractivity contribution in [2.45, 2.75) is 44.8 Å². The van der Waals surface area contributed by atoms with Gasteiger partial charge < -0.3 is 15.4 Å². The average Bonchev–Trinajstić information content (AvgIpc) is 3.16. The first-order chi connectivity index (χ1) is 14.6. The largest absolute Gasteiger partial charge is 0.399 e. The predicted octanol–water partition coefficient (Wildman–Crippen LogP) is 3.94. The third kappa shape index (κ3) is 4.66. The molecule has 4 rings (SSSR count). The van der Waals surface area contributed by atoms with E-state index in [0.717, 1.165) is 47.5 Å². The van der Waals surface area contributed by atoms with Crippen LogP contribution in [0.5, 0.6) is 0 Å². The summed E-state index contributed by atoms with van der Waals surface area (Å²) in [5.74, 6) is 0.725. The molecular weight excluding hydrogens is 374 g/mol. The molecule has 154 valence electrons. The minimum Gasteiger partial charge on any atom is -0.399 e. The lowest BCUT2D eigenvalue weighted by atomic mass is 10.0. The van der Waals surface area contributed by atoms with E-state index in [0.29, 0.717) is 6.42 Å². The predicted molar refractivity (Wildman–Crippen MR) is 119 cm³/mol. The molecule has 6 nitrogen and oxygen atoms in total. The molecule has 2 aromatic heterocycles. The van der Waals surface area contributed by atoms with Crippen molar-refractivity contribution < 1.29 is 5.11 Å². The van der Waals surface area contributed by atoms with Gasteiger partial charge in [0.05, 0.1) is 24.7 Å². The molecule has 0 aliphatic carbocycles. The number of nitrogen functional groups attached to an aromatic ring is 1. The summed E-state index contributed by atoms with van der Waals surface area (Å²) < 4.78 is 2.00. The summed E-state index contributed by atoms with van der Waals surface area (Å²) in [6.45, 7) is 1.83. The Morgan fingerprint density at radius 1 is 1.00 bits per heavy atom. The van der Waals surface area contributed by atoms with Gasteiger partial charge in [-0.1, -0.05) is 42.5 Å². The number of hydrogen-bond acceptors (Lipinski definition) is 5. The van der Waals surface area contributed by atoms with Crippen LogP contribution in [0.4, 0.5) is 5.69 Å². The van der Waals surface area contributed by atoms with Gasteiger partial charge in [0.2, 0.25) is 0 Å². The zero-order valence-corrected chi connectivity index (χ0v) is 17.1. The number of nitrogens with two attached hydrogens (primary N) is 1. The first kappa shape index (κ1) is 20.0. The highest BCUT2D eigenvalue weighted by atomic mass is 16.3. The van der Waals surface area contributed by atoms with E-state index in [2.05, 4.69) is 34.2 Å². The smallest absolute Gasteiger partial charge is 0.163 e. The van der Waals surface area contributed by atoms with Gasteiger partial charge in [0.1, 0.15) is 11.3 Å². The van der Waals surface area contributed by atoms with Crippen LogP contribution in [0.25, 0.3) is 11.2 Å². The molecule has 4 aromatic rings. The SMILES string of the molecule is CC(O)C(CCCc1ccccc1)n1cnc2cnc(Cc3ccc(N)cc3)nc21. The molecule has 0 saturated heterocycles. The monoisotopic (exact) mass is 401 g/mol. The number of hydrogen-bond donors (Lipinski definition) is 2. The van der Waals surface area contributed by atoms with E-state index in [9.17, 15) is 5.11 Å². The number of imidazole rings is 1. The molecule has 0 aliphatic heterocycles. The molecule has 2 atom stereocenters. The van der Waals surface area contributed by atoms with E-state index in [1.165, 1.54) is 5.56 Å². The highest BCUT2D eigenvalue weighted by molar-refractivity contribution is 5.69. The van der Waals surface area contributed by atoms with Crippen molar-refractivity contribution >= 4 is 16.9 Å². The van der Waals surface area contributed by atoms with Crippen LogP contribution in [0.3, 0.4) is 0 Å². The topological polar surface area (TPSA) is 89.8 Å². The second kappa shape index (κ2) is 9.05. The average molecular weight is 402 g/mol. The number of fused-ring (bicyclic) bond motifs is 1. The summed E-state index contributed by atoms with van der Waals surface area (Å²) in [7, 11) is 0. The van der Waals surface area contributed by atoms with E-state index in [4.69, 9.17) is 10.7 Å². The minimum absolute atomic E-state index is 0.0852. The molecule has 2 unspecified atom stereocenters. The van der Waals surface area contributed by atoms with E-state index in [1.54, 1.807) is 12.5 Å². The van der Waals surface area contributed by atoms with E-state index < -0.39 is 6.10 Å². The summed E-state index contributed by atoms with van der Waals surface area (Å²) in [6, 6.07) is 18.1. The van der Waals surface area contributed by atoms with Gasteiger partial charge in [-0.25, -0.2) is 15.0 Å². The number of anilines is 1. The normalized spacial score (nSPS) is 13.4. The third-order valence-corrected chi connectivity index (χ3v) is 5.43. The molecule has 6 heteroatoms. The highest BCUT2D eigenvalue weighted by Crippen LogP contribution is 2.24. The second-order valence-corrected chi connectivity index (χ2v) is 7.75.